The Balaban J connectivity index is 1.54. The SMILES string of the molecule is Cn1ncc(C(=O)N[C@@H]2CCC[C@H](Nc3cc(C(F)(F)F)nc4ccc(Cl)cc34)C2)c1C#N. The van der Waals surface area contributed by atoms with Crippen LogP contribution in [0.4, 0.5) is 18.9 Å². The van der Waals surface area contributed by atoms with Gasteiger partial charge in [-0.1, -0.05) is 11.6 Å². The third kappa shape index (κ3) is 4.88. The molecule has 1 aliphatic rings. The molecule has 1 amide bonds. The number of anilines is 1. The number of aryl methyl sites for hydroxylation is 1. The summed E-state index contributed by atoms with van der Waals surface area (Å²) in [6.45, 7) is 0. The van der Waals surface area contributed by atoms with Crippen molar-refractivity contribution in [1.29, 1.82) is 5.26 Å². The first kappa shape index (κ1) is 22.9. The van der Waals surface area contributed by atoms with E-state index < -0.39 is 17.8 Å². The molecule has 2 heterocycles. The lowest BCUT2D eigenvalue weighted by Crippen LogP contribution is -2.42. The molecule has 0 bridgehead atoms. The van der Waals surface area contributed by atoms with Gasteiger partial charge in [-0.3, -0.25) is 9.48 Å². The molecule has 7 nitrogen and oxygen atoms in total. The van der Waals surface area contributed by atoms with Crippen molar-refractivity contribution in [2.45, 2.75) is 43.9 Å². The summed E-state index contributed by atoms with van der Waals surface area (Å²) in [4.78, 5) is 16.4. The van der Waals surface area contributed by atoms with E-state index in [0.29, 0.717) is 22.5 Å². The van der Waals surface area contributed by atoms with Crippen molar-refractivity contribution in [2.75, 3.05) is 5.32 Å². The third-order valence-electron chi connectivity index (χ3n) is 5.72. The van der Waals surface area contributed by atoms with Gasteiger partial charge < -0.3 is 10.6 Å². The molecule has 2 aromatic heterocycles. The minimum atomic E-state index is -4.59. The van der Waals surface area contributed by atoms with Crippen LogP contribution in [0.2, 0.25) is 5.02 Å². The van der Waals surface area contributed by atoms with Crippen molar-refractivity contribution >= 4 is 34.1 Å². The van der Waals surface area contributed by atoms with Crippen LogP contribution >= 0.6 is 11.6 Å². The number of pyridine rings is 1. The molecule has 0 aliphatic heterocycles. The maximum Gasteiger partial charge on any atom is 0.433 e. The van der Waals surface area contributed by atoms with Crippen LogP contribution in [-0.4, -0.2) is 32.8 Å². The highest BCUT2D eigenvalue weighted by molar-refractivity contribution is 6.31. The molecular formula is C22H20ClF3N6O. The minimum absolute atomic E-state index is 0.165. The molecular weight excluding hydrogens is 457 g/mol. The van der Waals surface area contributed by atoms with Crippen molar-refractivity contribution < 1.29 is 18.0 Å². The molecule has 0 saturated heterocycles. The van der Waals surface area contributed by atoms with E-state index in [2.05, 4.69) is 20.7 Å². The Morgan fingerprint density at radius 1 is 1.27 bits per heavy atom. The Kier molecular flexibility index (Phi) is 6.17. The number of fused-ring (bicyclic) bond motifs is 1. The largest absolute Gasteiger partial charge is 0.433 e. The Morgan fingerprint density at radius 2 is 2.03 bits per heavy atom. The molecule has 3 aromatic rings. The molecule has 2 atom stereocenters. The first-order valence-electron chi connectivity index (χ1n) is 10.3. The van der Waals surface area contributed by atoms with Crippen LogP contribution in [0.3, 0.4) is 0 Å². The second-order valence-electron chi connectivity index (χ2n) is 8.03. The quantitative estimate of drug-likeness (QED) is 0.570. The zero-order valence-electron chi connectivity index (χ0n) is 17.6. The fourth-order valence-electron chi connectivity index (χ4n) is 4.13. The summed E-state index contributed by atoms with van der Waals surface area (Å²) in [6, 6.07) is 7.14. The van der Waals surface area contributed by atoms with Gasteiger partial charge in [-0.15, -0.1) is 0 Å². The number of carbonyl (C=O) groups excluding carboxylic acids is 1. The summed E-state index contributed by atoms with van der Waals surface area (Å²) in [5.41, 5.74) is -0.137. The Hall–Kier alpha value is -3.32. The average molecular weight is 477 g/mol. The van der Waals surface area contributed by atoms with Gasteiger partial charge in [0.25, 0.3) is 5.91 Å². The lowest BCUT2D eigenvalue weighted by Gasteiger charge is -2.31. The lowest BCUT2D eigenvalue weighted by atomic mass is 9.90. The zero-order valence-corrected chi connectivity index (χ0v) is 18.3. The summed E-state index contributed by atoms with van der Waals surface area (Å²) < 4.78 is 41.5. The van der Waals surface area contributed by atoms with E-state index in [4.69, 9.17) is 11.6 Å². The van der Waals surface area contributed by atoms with Crippen molar-refractivity contribution in [3.8, 4) is 6.07 Å². The van der Waals surface area contributed by atoms with E-state index in [-0.39, 0.29) is 28.9 Å². The maximum atomic E-state index is 13.4. The number of halogens is 4. The molecule has 1 aliphatic carbocycles. The summed E-state index contributed by atoms with van der Waals surface area (Å²) in [5.74, 6) is -0.397. The highest BCUT2D eigenvalue weighted by Crippen LogP contribution is 2.35. The Morgan fingerprint density at radius 3 is 2.76 bits per heavy atom. The number of alkyl halides is 3. The number of benzene rings is 1. The van der Waals surface area contributed by atoms with E-state index in [0.717, 1.165) is 25.3 Å². The van der Waals surface area contributed by atoms with Gasteiger partial charge in [0, 0.05) is 35.2 Å². The van der Waals surface area contributed by atoms with E-state index in [1.54, 1.807) is 13.1 Å². The second-order valence-corrected chi connectivity index (χ2v) is 8.47. The molecule has 11 heteroatoms. The van der Waals surface area contributed by atoms with E-state index >= 15 is 0 Å². The van der Waals surface area contributed by atoms with Crippen LogP contribution in [0.1, 0.15) is 47.4 Å². The number of rotatable bonds is 4. The van der Waals surface area contributed by atoms with Crippen LogP contribution in [0, 0.1) is 11.3 Å². The van der Waals surface area contributed by atoms with Crippen molar-refractivity contribution in [3.05, 3.63) is 52.4 Å². The average Bonchev–Trinajstić information content (AvgIpc) is 3.14. The molecule has 2 N–H and O–H groups in total. The summed E-state index contributed by atoms with van der Waals surface area (Å²) >= 11 is 6.07. The predicted molar refractivity (Wildman–Crippen MR) is 117 cm³/mol. The van der Waals surface area contributed by atoms with Gasteiger partial charge >= 0.3 is 6.18 Å². The van der Waals surface area contributed by atoms with E-state index in [9.17, 15) is 23.2 Å². The van der Waals surface area contributed by atoms with Gasteiger partial charge in [-0.2, -0.15) is 23.5 Å². The fraction of sp³-hybridized carbons (Fsp3) is 0.364. The van der Waals surface area contributed by atoms with Crippen LogP contribution < -0.4 is 10.6 Å². The maximum absolute atomic E-state index is 13.4. The first-order valence-corrected chi connectivity index (χ1v) is 10.7. The molecule has 1 saturated carbocycles. The van der Waals surface area contributed by atoms with Crippen molar-refractivity contribution in [3.63, 3.8) is 0 Å². The highest BCUT2D eigenvalue weighted by atomic mass is 35.5. The Labute approximate surface area is 192 Å². The molecule has 4 rings (SSSR count). The molecule has 1 aromatic carbocycles. The van der Waals surface area contributed by atoms with E-state index in [1.165, 1.54) is 23.0 Å². The topological polar surface area (TPSA) is 95.6 Å². The number of nitrogens with zero attached hydrogens (tertiary/aromatic N) is 4. The van der Waals surface area contributed by atoms with Gasteiger partial charge in [0.2, 0.25) is 0 Å². The Bertz CT molecular complexity index is 1250. The van der Waals surface area contributed by atoms with Crippen LogP contribution in [0.15, 0.2) is 30.5 Å². The molecule has 33 heavy (non-hydrogen) atoms. The van der Waals surface area contributed by atoms with Gasteiger partial charge in [-0.25, -0.2) is 4.98 Å². The minimum Gasteiger partial charge on any atom is -0.382 e. The zero-order chi connectivity index (χ0) is 23.8. The first-order chi connectivity index (χ1) is 15.7. The summed E-state index contributed by atoms with van der Waals surface area (Å²) in [7, 11) is 1.58. The normalized spacial score (nSPS) is 18.7. The van der Waals surface area contributed by atoms with Crippen LogP contribution in [0.5, 0.6) is 0 Å². The van der Waals surface area contributed by atoms with Crippen molar-refractivity contribution in [2.24, 2.45) is 7.05 Å². The highest BCUT2D eigenvalue weighted by Gasteiger charge is 2.34. The standard InChI is InChI=1S/C22H20ClF3N6O/c1-32-19(10-27)16(11-28-32)21(33)30-14-4-2-3-13(8-14)29-18-9-20(22(24,25)26)31-17-6-5-12(23)7-15(17)18/h5-7,9,11,13-14H,2-4,8H2,1H3,(H,29,31)(H,30,33)/t13-,14+/m0/s1. The molecule has 0 unspecified atom stereocenters. The monoisotopic (exact) mass is 476 g/mol. The van der Waals surface area contributed by atoms with E-state index in [1.807, 2.05) is 6.07 Å². The molecule has 0 radical (unpaired) electrons. The number of nitriles is 1. The fourth-order valence-corrected chi connectivity index (χ4v) is 4.31. The lowest BCUT2D eigenvalue weighted by molar-refractivity contribution is -0.140. The smallest absolute Gasteiger partial charge is 0.382 e. The number of nitrogens with one attached hydrogen (secondary N) is 2. The number of amides is 1. The van der Waals surface area contributed by atoms with Gasteiger partial charge in [0.05, 0.1) is 17.3 Å². The molecule has 172 valence electrons. The third-order valence-corrected chi connectivity index (χ3v) is 5.95. The number of carbonyl (C=O) groups is 1. The second kappa shape index (κ2) is 8.90. The van der Waals surface area contributed by atoms with Crippen LogP contribution in [-0.2, 0) is 13.2 Å². The predicted octanol–water partition coefficient (Wildman–Crippen LogP) is 4.67. The van der Waals surface area contributed by atoms with Gasteiger partial charge in [-0.05, 0) is 49.9 Å². The number of hydrogen-bond acceptors (Lipinski definition) is 5. The van der Waals surface area contributed by atoms with Crippen molar-refractivity contribution in [1.82, 2.24) is 20.1 Å². The van der Waals surface area contributed by atoms with Gasteiger partial charge in [0.1, 0.15) is 11.8 Å². The molecule has 1 fully saturated rings. The number of hydrogen-bond donors (Lipinski definition) is 2. The van der Waals surface area contributed by atoms with Crippen LogP contribution in [0.25, 0.3) is 10.9 Å². The number of aromatic nitrogens is 3. The van der Waals surface area contributed by atoms with Gasteiger partial charge in [0.15, 0.2) is 5.69 Å². The summed E-state index contributed by atoms with van der Waals surface area (Å²) in [5, 5.41) is 20.2. The molecule has 0 spiro atoms. The summed E-state index contributed by atoms with van der Waals surface area (Å²) in [6.07, 6.45) is -0.499.